The fourth-order valence-corrected chi connectivity index (χ4v) is 2.19. The van der Waals surface area contributed by atoms with Crippen molar-refractivity contribution in [2.75, 3.05) is 0 Å². The molecular formula is C13H13Cl2N3. The lowest BCUT2D eigenvalue weighted by Gasteiger charge is -2.06. The minimum atomic E-state index is 0.407. The fourth-order valence-electron chi connectivity index (χ4n) is 1.72. The summed E-state index contributed by atoms with van der Waals surface area (Å²) in [6, 6.07) is 7.30. The fraction of sp³-hybridized carbons (Fsp3) is 0.231. The maximum Gasteiger partial charge on any atom is 0.133 e. The van der Waals surface area contributed by atoms with Gasteiger partial charge in [-0.05, 0) is 30.7 Å². The van der Waals surface area contributed by atoms with Crippen molar-refractivity contribution < 1.29 is 0 Å². The van der Waals surface area contributed by atoms with Crippen LogP contribution in [0.5, 0.6) is 0 Å². The van der Waals surface area contributed by atoms with E-state index in [2.05, 4.69) is 9.97 Å². The summed E-state index contributed by atoms with van der Waals surface area (Å²) in [5.74, 6) is 0.722. The molecule has 0 saturated heterocycles. The third kappa shape index (κ3) is 3.19. The van der Waals surface area contributed by atoms with Crippen LogP contribution in [0.1, 0.15) is 22.8 Å². The van der Waals surface area contributed by atoms with Gasteiger partial charge in [-0.25, -0.2) is 9.97 Å². The Kier molecular flexibility index (Phi) is 4.17. The molecule has 18 heavy (non-hydrogen) atoms. The Labute approximate surface area is 116 Å². The first-order valence-corrected chi connectivity index (χ1v) is 6.31. The highest BCUT2D eigenvalue weighted by atomic mass is 35.5. The van der Waals surface area contributed by atoms with E-state index in [1.807, 2.05) is 25.1 Å². The molecule has 0 atom stereocenters. The molecule has 3 nitrogen and oxygen atoms in total. The van der Waals surface area contributed by atoms with Crippen molar-refractivity contribution in [3.05, 3.63) is 57.1 Å². The normalized spacial score (nSPS) is 10.7. The zero-order valence-corrected chi connectivity index (χ0v) is 11.5. The van der Waals surface area contributed by atoms with Crippen LogP contribution in [0.4, 0.5) is 0 Å². The van der Waals surface area contributed by atoms with Gasteiger partial charge in [-0.3, -0.25) is 0 Å². The SMILES string of the molecule is Cc1cc(CN)nc(Cc2ccc(Cl)cc2Cl)n1. The van der Waals surface area contributed by atoms with Gasteiger partial charge in [0.2, 0.25) is 0 Å². The van der Waals surface area contributed by atoms with Gasteiger partial charge in [0.15, 0.2) is 0 Å². The zero-order chi connectivity index (χ0) is 13.1. The molecule has 0 aliphatic heterocycles. The van der Waals surface area contributed by atoms with E-state index in [-0.39, 0.29) is 0 Å². The molecule has 0 bridgehead atoms. The highest BCUT2D eigenvalue weighted by Crippen LogP contribution is 2.22. The number of nitrogens with two attached hydrogens (primary N) is 1. The van der Waals surface area contributed by atoms with E-state index < -0.39 is 0 Å². The predicted octanol–water partition coefficient (Wildman–Crippen LogP) is 3.14. The second kappa shape index (κ2) is 5.65. The maximum atomic E-state index is 6.13. The van der Waals surface area contributed by atoms with Crippen LogP contribution in [-0.4, -0.2) is 9.97 Å². The first-order chi connectivity index (χ1) is 8.58. The van der Waals surface area contributed by atoms with Gasteiger partial charge in [-0.1, -0.05) is 29.3 Å². The third-order valence-electron chi connectivity index (χ3n) is 2.53. The molecule has 2 rings (SSSR count). The summed E-state index contributed by atoms with van der Waals surface area (Å²) in [6.45, 7) is 2.33. The average Bonchev–Trinajstić information content (AvgIpc) is 2.32. The topological polar surface area (TPSA) is 51.8 Å². The molecule has 0 radical (unpaired) electrons. The van der Waals surface area contributed by atoms with Gasteiger partial charge in [0.05, 0.1) is 5.69 Å². The molecule has 0 spiro atoms. The first-order valence-electron chi connectivity index (χ1n) is 5.56. The highest BCUT2D eigenvalue weighted by Gasteiger charge is 2.06. The minimum absolute atomic E-state index is 0.407. The Morgan fingerprint density at radius 1 is 1.17 bits per heavy atom. The largest absolute Gasteiger partial charge is 0.325 e. The molecule has 2 aromatic rings. The number of rotatable bonds is 3. The Balaban J connectivity index is 2.30. The van der Waals surface area contributed by atoms with Crippen LogP contribution in [0.2, 0.25) is 10.0 Å². The maximum absolute atomic E-state index is 6.13. The zero-order valence-electron chi connectivity index (χ0n) is 9.95. The number of aromatic nitrogens is 2. The van der Waals surface area contributed by atoms with Crippen LogP contribution in [0.15, 0.2) is 24.3 Å². The molecule has 0 amide bonds. The van der Waals surface area contributed by atoms with Gasteiger partial charge in [-0.2, -0.15) is 0 Å². The Morgan fingerprint density at radius 2 is 1.94 bits per heavy atom. The number of aryl methyl sites for hydroxylation is 1. The van der Waals surface area contributed by atoms with Crippen LogP contribution < -0.4 is 5.73 Å². The summed E-state index contributed by atoms with van der Waals surface area (Å²) >= 11 is 12.0. The number of nitrogens with zero attached hydrogens (tertiary/aromatic N) is 2. The monoisotopic (exact) mass is 281 g/mol. The highest BCUT2D eigenvalue weighted by molar-refractivity contribution is 6.35. The van der Waals surface area contributed by atoms with Crippen molar-refractivity contribution in [1.29, 1.82) is 0 Å². The van der Waals surface area contributed by atoms with Crippen LogP contribution in [0, 0.1) is 6.92 Å². The third-order valence-corrected chi connectivity index (χ3v) is 3.11. The number of hydrogen-bond acceptors (Lipinski definition) is 3. The number of benzene rings is 1. The molecule has 0 fully saturated rings. The quantitative estimate of drug-likeness (QED) is 0.940. The summed E-state index contributed by atoms with van der Waals surface area (Å²) in [4.78, 5) is 8.77. The van der Waals surface area contributed by atoms with Crippen LogP contribution >= 0.6 is 23.2 Å². The van der Waals surface area contributed by atoms with Gasteiger partial charge in [0, 0.05) is 28.7 Å². The molecule has 1 aromatic carbocycles. The van der Waals surface area contributed by atoms with Gasteiger partial charge in [-0.15, -0.1) is 0 Å². The Hall–Kier alpha value is -1.16. The van der Waals surface area contributed by atoms with Crippen molar-refractivity contribution in [1.82, 2.24) is 9.97 Å². The van der Waals surface area contributed by atoms with E-state index in [0.29, 0.717) is 23.0 Å². The molecule has 0 aliphatic rings. The van der Waals surface area contributed by atoms with E-state index in [4.69, 9.17) is 28.9 Å². The summed E-state index contributed by atoms with van der Waals surface area (Å²) in [7, 11) is 0. The molecule has 0 unspecified atom stereocenters. The lowest BCUT2D eigenvalue weighted by molar-refractivity contribution is 0.874. The molecule has 0 saturated carbocycles. The summed E-state index contributed by atoms with van der Waals surface area (Å²) in [5.41, 5.74) is 8.29. The van der Waals surface area contributed by atoms with Crippen LogP contribution in [0.25, 0.3) is 0 Å². The molecule has 1 aromatic heterocycles. The van der Waals surface area contributed by atoms with E-state index in [1.54, 1.807) is 6.07 Å². The second-order valence-electron chi connectivity index (χ2n) is 4.03. The van der Waals surface area contributed by atoms with Gasteiger partial charge in [0.1, 0.15) is 5.82 Å². The molecule has 0 aliphatic carbocycles. The van der Waals surface area contributed by atoms with Crippen LogP contribution in [-0.2, 0) is 13.0 Å². The summed E-state index contributed by atoms with van der Waals surface area (Å²) in [6.07, 6.45) is 0.574. The van der Waals surface area contributed by atoms with Gasteiger partial charge < -0.3 is 5.73 Å². The van der Waals surface area contributed by atoms with E-state index in [0.717, 1.165) is 22.8 Å². The Morgan fingerprint density at radius 3 is 2.61 bits per heavy atom. The lowest BCUT2D eigenvalue weighted by Crippen LogP contribution is -2.06. The Bertz CT molecular complexity index is 570. The first kappa shape index (κ1) is 13.3. The molecule has 5 heteroatoms. The van der Waals surface area contributed by atoms with Crippen molar-refractivity contribution in [3.8, 4) is 0 Å². The average molecular weight is 282 g/mol. The van der Waals surface area contributed by atoms with Crippen molar-refractivity contribution >= 4 is 23.2 Å². The van der Waals surface area contributed by atoms with Crippen molar-refractivity contribution in [2.45, 2.75) is 19.9 Å². The lowest BCUT2D eigenvalue weighted by atomic mass is 10.1. The standard InChI is InChI=1S/C13H13Cl2N3/c1-8-4-11(7-16)18-13(17-8)5-9-2-3-10(14)6-12(9)15/h2-4,6H,5,7,16H2,1H3. The smallest absolute Gasteiger partial charge is 0.133 e. The second-order valence-corrected chi connectivity index (χ2v) is 4.88. The van der Waals surface area contributed by atoms with Gasteiger partial charge in [0.25, 0.3) is 0 Å². The minimum Gasteiger partial charge on any atom is -0.325 e. The summed E-state index contributed by atoms with van der Waals surface area (Å²) in [5, 5.41) is 1.25. The molecular weight excluding hydrogens is 269 g/mol. The predicted molar refractivity (Wildman–Crippen MR) is 73.9 cm³/mol. The van der Waals surface area contributed by atoms with E-state index in [1.165, 1.54) is 0 Å². The molecule has 1 heterocycles. The van der Waals surface area contributed by atoms with Crippen LogP contribution in [0.3, 0.4) is 0 Å². The van der Waals surface area contributed by atoms with E-state index in [9.17, 15) is 0 Å². The van der Waals surface area contributed by atoms with Crippen molar-refractivity contribution in [3.63, 3.8) is 0 Å². The van der Waals surface area contributed by atoms with Crippen molar-refractivity contribution in [2.24, 2.45) is 5.73 Å². The van der Waals surface area contributed by atoms with Gasteiger partial charge >= 0.3 is 0 Å². The number of halogens is 2. The molecule has 2 N–H and O–H groups in total. The molecule has 94 valence electrons. The number of hydrogen-bond donors (Lipinski definition) is 1. The summed E-state index contributed by atoms with van der Waals surface area (Å²) < 4.78 is 0. The van der Waals surface area contributed by atoms with E-state index >= 15 is 0 Å².